The smallest absolute Gasteiger partial charge is 0.251 e. The van der Waals surface area contributed by atoms with Gasteiger partial charge in [-0.05, 0) is 99.3 Å². The summed E-state index contributed by atoms with van der Waals surface area (Å²) in [5, 5.41) is 0.962. The zero-order chi connectivity index (χ0) is 32.2. The number of carbonyl (C=O) groups is 1. The van der Waals surface area contributed by atoms with Gasteiger partial charge >= 0.3 is 0 Å². The van der Waals surface area contributed by atoms with Crippen LogP contribution in [-0.4, -0.2) is 39.1 Å². The minimum Gasteiger partial charge on any atom is -0.441 e. The molecule has 2 aliphatic rings. The first-order chi connectivity index (χ1) is 22.3. The van der Waals surface area contributed by atoms with Crippen molar-refractivity contribution in [3.8, 4) is 21.9 Å². The number of primary amides is 1. The molecule has 1 fully saturated rings. The van der Waals surface area contributed by atoms with Gasteiger partial charge in [-0.15, -0.1) is 11.3 Å². The average molecular weight is 639 g/mol. The van der Waals surface area contributed by atoms with Gasteiger partial charge in [0.15, 0.2) is 0 Å². The Kier molecular flexibility index (Phi) is 9.75. The molecule has 9 nitrogen and oxygen atoms in total. The lowest BCUT2D eigenvalue weighted by Crippen LogP contribution is -2.20. The maximum atomic E-state index is 13.1. The number of nitrogens with zero attached hydrogens (tertiary/aromatic N) is 4. The molecule has 1 aliphatic heterocycles. The normalized spacial score (nSPS) is 14.8. The molecule has 7 rings (SSSR count). The third-order valence-corrected chi connectivity index (χ3v) is 9.90. The fourth-order valence-corrected chi connectivity index (χ4v) is 7.59. The van der Waals surface area contributed by atoms with E-state index in [-0.39, 0.29) is 0 Å². The van der Waals surface area contributed by atoms with Crippen LogP contribution < -0.4 is 11.5 Å². The second-order valence-electron chi connectivity index (χ2n) is 12.7. The topological polar surface area (TPSA) is 143 Å². The number of fused-ring (bicyclic) bond motifs is 2. The van der Waals surface area contributed by atoms with Crippen molar-refractivity contribution in [1.82, 2.24) is 19.9 Å². The Morgan fingerprint density at radius 2 is 1.89 bits per heavy atom. The van der Waals surface area contributed by atoms with Crippen LogP contribution in [0.5, 0.6) is 0 Å². The number of rotatable bonds is 8. The number of ether oxygens (including phenoxy) is 1. The monoisotopic (exact) mass is 638 g/mol. The van der Waals surface area contributed by atoms with Gasteiger partial charge in [-0.3, -0.25) is 14.8 Å². The highest BCUT2D eigenvalue weighted by atomic mass is 32.1. The summed E-state index contributed by atoms with van der Waals surface area (Å²) >= 11 is 1.50. The molecule has 5 aromatic rings. The number of hydrogen-bond donors (Lipinski definition) is 2. The summed E-state index contributed by atoms with van der Waals surface area (Å²) < 4.78 is 12.5. The molecule has 0 saturated carbocycles. The van der Waals surface area contributed by atoms with Gasteiger partial charge in [0.25, 0.3) is 5.91 Å². The number of nitrogens with two attached hydrogens (primary N) is 2. The number of aromatic nitrogens is 4. The summed E-state index contributed by atoms with van der Waals surface area (Å²) in [7, 11) is 0. The largest absolute Gasteiger partial charge is 0.441 e. The number of anilines is 1. The number of pyridine rings is 3. The van der Waals surface area contributed by atoms with E-state index in [4.69, 9.17) is 25.6 Å². The third kappa shape index (κ3) is 6.98. The van der Waals surface area contributed by atoms with Crippen molar-refractivity contribution in [1.29, 1.82) is 0 Å². The molecule has 1 aliphatic carbocycles. The van der Waals surface area contributed by atoms with E-state index in [2.05, 4.69) is 34.9 Å². The summed E-state index contributed by atoms with van der Waals surface area (Å²) in [6.45, 7) is 7.69. The highest BCUT2D eigenvalue weighted by molar-refractivity contribution is 7.22. The maximum absolute atomic E-state index is 13.1. The number of hydrogen-bond acceptors (Lipinski definition) is 9. The lowest BCUT2D eigenvalue weighted by molar-refractivity contribution is 0.0639. The summed E-state index contributed by atoms with van der Waals surface area (Å²) in [5.41, 5.74) is 18.5. The molecular weight excluding hydrogens is 597 g/mol. The predicted molar refractivity (Wildman–Crippen MR) is 183 cm³/mol. The zero-order valence-electron chi connectivity index (χ0n) is 26.8. The van der Waals surface area contributed by atoms with E-state index in [1.54, 1.807) is 12.4 Å². The SMILES string of the molecule is Cc1cnc(-c2c(CCC3CCOCC3)nc(CC(C)C)c(C(N)=O)c2-c2cc3ccnc(N)c3s2)o1.c1cnc2c(c1)CCC2. The van der Waals surface area contributed by atoms with Crippen molar-refractivity contribution >= 4 is 33.1 Å². The van der Waals surface area contributed by atoms with Gasteiger partial charge in [0.2, 0.25) is 5.89 Å². The minimum atomic E-state index is -0.512. The Hall–Kier alpha value is -4.15. The number of oxazole rings is 1. The molecule has 0 spiro atoms. The van der Waals surface area contributed by atoms with Crippen molar-refractivity contribution in [2.75, 3.05) is 18.9 Å². The van der Waals surface area contributed by atoms with Crippen LogP contribution in [0, 0.1) is 18.8 Å². The van der Waals surface area contributed by atoms with E-state index in [0.717, 1.165) is 76.4 Å². The summed E-state index contributed by atoms with van der Waals surface area (Å²) in [6, 6.07) is 8.16. The number of aryl methyl sites for hydroxylation is 4. The van der Waals surface area contributed by atoms with Gasteiger partial charge in [0, 0.05) is 41.7 Å². The minimum absolute atomic E-state index is 0.291. The van der Waals surface area contributed by atoms with Crippen LogP contribution >= 0.6 is 11.3 Å². The molecule has 10 heteroatoms. The van der Waals surface area contributed by atoms with Crippen LogP contribution in [0.4, 0.5) is 5.82 Å². The number of thiophene rings is 1. The molecule has 0 aromatic carbocycles. The van der Waals surface area contributed by atoms with Crippen LogP contribution in [-0.2, 0) is 30.4 Å². The Morgan fingerprint density at radius 1 is 1.07 bits per heavy atom. The molecule has 0 atom stereocenters. The molecule has 0 bridgehead atoms. The standard InChI is InChI=1S/C28H33N5O3S.C8H9N/c1-15(2)12-20-22(27(30)34)24(21-13-18-6-9-31-26(29)25(18)37-21)23(28-32-14-16(3)36-28)19(33-20)5-4-17-7-10-35-11-8-17;1-3-7-4-2-6-9-8(7)5-1/h6,9,13-15,17H,4-5,7-8,10-12H2,1-3H3,(H2,29,31)(H2,30,34);2,4,6H,1,3,5H2. The van der Waals surface area contributed by atoms with Gasteiger partial charge in [-0.2, -0.15) is 0 Å². The van der Waals surface area contributed by atoms with Crippen molar-refractivity contribution in [3.05, 3.63) is 76.8 Å². The lowest BCUT2D eigenvalue weighted by Gasteiger charge is -2.23. The molecule has 1 amide bonds. The quantitative estimate of drug-likeness (QED) is 0.183. The van der Waals surface area contributed by atoms with Crippen LogP contribution in [0.1, 0.15) is 78.3 Å². The molecule has 240 valence electrons. The number of carbonyl (C=O) groups excluding carboxylic acids is 1. The molecule has 5 aromatic heterocycles. The second-order valence-corrected chi connectivity index (χ2v) is 13.7. The van der Waals surface area contributed by atoms with Gasteiger partial charge in [0.05, 0.1) is 33.4 Å². The highest BCUT2D eigenvalue weighted by Gasteiger charge is 2.29. The highest BCUT2D eigenvalue weighted by Crippen LogP contribution is 2.44. The van der Waals surface area contributed by atoms with Crippen molar-refractivity contribution in [2.45, 2.75) is 72.1 Å². The first-order valence-corrected chi connectivity index (χ1v) is 17.0. The van der Waals surface area contributed by atoms with Gasteiger partial charge in [-0.25, -0.2) is 9.97 Å². The molecule has 6 heterocycles. The van der Waals surface area contributed by atoms with Crippen LogP contribution in [0.25, 0.3) is 32.0 Å². The summed E-state index contributed by atoms with van der Waals surface area (Å²) in [6.07, 6.45) is 13.4. The van der Waals surface area contributed by atoms with Crippen LogP contribution in [0.15, 0.2) is 47.3 Å². The van der Waals surface area contributed by atoms with Crippen LogP contribution in [0.3, 0.4) is 0 Å². The van der Waals surface area contributed by atoms with E-state index in [9.17, 15) is 4.79 Å². The molecule has 0 radical (unpaired) electrons. The molecule has 0 unspecified atom stereocenters. The first kappa shape index (κ1) is 31.8. The van der Waals surface area contributed by atoms with Gasteiger partial charge in [-0.1, -0.05) is 19.9 Å². The predicted octanol–water partition coefficient (Wildman–Crippen LogP) is 7.13. The van der Waals surface area contributed by atoms with E-state index >= 15 is 0 Å². The molecule has 1 saturated heterocycles. The number of amides is 1. The van der Waals surface area contributed by atoms with E-state index in [0.29, 0.717) is 41.3 Å². The third-order valence-electron chi connectivity index (χ3n) is 8.71. The second kappa shape index (κ2) is 14.1. The molecular formula is C36H42N6O3S. The van der Waals surface area contributed by atoms with Crippen LogP contribution in [0.2, 0.25) is 0 Å². The lowest BCUT2D eigenvalue weighted by atomic mass is 9.89. The van der Waals surface area contributed by atoms with Crippen molar-refractivity contribution in [3.63, 3.8) is 0 Å². The average Bonchev–Trinajstić information content (AvgIpc) is 3.80. The summed E-state index contributed by atoms with van der Waals surface area (Å²) in [5.74, 6) is 1.94. The van der Waals surface area contributed by atoms with Crippen molar-refractivity contribution < 1.29 is 13.9 Å². The van der Waals surface area contributed by atoms with Crippen molar-refractivity contribution in [2.24, 2.45) is 17.6 Å². The fraction of sp³-hybridized carbons (Fsp3) is 0.417. The van der Waals surface area contributed by atoms with E-state index in [1.165, 1.54) is 41.9 Å². The Morgan fingerprint density at radius 3 is 2.59 bits per heavy atom. The van der Waals surface area contributed by atoms with E-state index < -0.39 is 5.91 Å². The Bertz CT molecular complexity index is 1820. The fourth-order valence-electron chi connectivity index (χ4n) is 6.47. The Labute approximate surface area is 273 Å². The molecule has 46 heavy (non-hydrogen) atoms. The first-order valence-electron chi connectivity index (χ1n) is 16.2. The zero-order valence-corrected chi connectivity index (χ0v) is 27.7. The summed E-state index contributed by atoms with van der Waals surface area (Å²) in [4.78, 5) is 32.1. The van der Waals surface area contributed by atoms with Gasteiger partial charge in [0.1, 0.15) is 11.6 Å². The number of nitrogen functional groups attached to an aromatic ring is 1. The molecule has 4 N–H and O–H groups in total. The van der Waals surface area contributed by atoms with E-state index in [1.807, 2.05) is 31.3 Å². The Balaban J connectivity index is 0.000000352. The van der Waals surface area contributed by atoms with Gasteiger partial charge < -0.3 is 20.6 Å². The maximum Gasteiger partial charge on any atom is 0.251 e.